The molecule has 1 aliphatic heterocycles. The van der Waals surface area contributed by atoms with E-state index in [9.17, 15) is 4.39 Å². The molecule has 0 saturated carbocycles. The SMILES string of the molecule is COc1ccc(CN2CCC(CN)CC2)cc1F. The number of benzene rings is 1. The third kappa shape index (κ3) is 3.21. The fourth-order valence-corrected chi connectivity index (χ4v) is 2.45. The third-order valence-corrected chi connectivity index (χ3v) is 3.66. The second kappa shape index (κ2) is 6.16. The second-order valence-corrected chi connectivity index (χ2v) is 4.92. The van der Waals surface area contributed by atoms with Gasteiger partial charge >= 0.3 is 0 Å². The van der Waals surface area contributed by atoms with E-state index in [1.165, 1.54) is 7.11 Å². The average Bonchev–Trinajstić information content (AvgIpc) is 2.40. The Morgan fingerprint density at radius 2 is 2.11 bits per heavy atom. The number of hydrogen-bond acceptors (Lipinski definition) is 3. The summed E-state index contributed by atoms with van der Waals surface area (Å²) >= 11 is 0. The fourth-order valence-electron chi connectivity index (χ4n) is 2.45. The zero-order valence-electron chi connectivity index (χ0n) is 10.9. The lowest BCUT2D eigenvalue weighted by Crippen LogP contribution is -2.35. The van der Waals surface area contributed by atoms with Crippen molar-refractivity contribution < 1.29 is 9.13 Å². The van der Waals surface area contributed by atoms with E-state index in [-0.39, 0.29) is 5.82 Å². The Kier molecular flexibility index (Phi) is 4.55. The monoisotopic (exact) mass is 252 g/mol. The fraction of sp³-hybridized carbons (Fsp3) is 0.571. The lowest BCUT2D eigenvalue weighted by molar-refractivity contribution is 0.180. The molecule has 0 spiro atoms. The van der Waals surface area contributed by atoms with Crippen LogP contribution in [0.5, 0.6) is 5.75 Å². The van der Waals surface area contributed by atoms with Gasteiger partial charge in [0.2, 0.25) is 0 Å². The van der Waals surface area contributed by atoms with Gasteiger partial charge in [0.1, 0.15) is 0 Å². The second-order valence-electron chi connectivity index (χ2n) is 4.92. The van der Waals surface area contributed by atoms with Crippen LogP contribution in [0.2, 0.25) is 0 Å². The summed E-state index contributed by atoms with van der Waals surface area (Å²) in [5.74, 6) is 0.682. The molecule has 0 aliphatic carbocycles. The van der Waals surface area contributed by atoms with Gasteiger partial charge in [-0.3, -0.25) is 4.90 Å². The topological polar surface area (TPSA) is 38.5 Å². The molecule has 1 saturated heterocycles. The molecule has 0 radical (unpaired) electrons. The lowest BCUT2D eigenvalue weighted by Gasteiger charge is -2.31. The standard InChI is InChI=1S/C14H21FN2O/c1-18-14-3-2-12(8-13(14)15)10-17-6-4-11(9-16)5-7-17/h2-3,8,11H,4-7,9-10,16H2,1H3. The minimum absolute atomic E-state index is 0.285. The summed E-state index contributed by atoms with van der Waals surface area (Å²) in [6.45, 7) is 3.69. The number of nitrogens with zero attached hydrogens (tertiary/aromatic N) is 1. The molecule has 0 bridgehead atoms. The van der Waals surface area contributed by atoms with Gasteiger partial charge in [-0.1, -0.05) is 6.07 Å². The minimum Gasteiger partial charge on any atom is -0.494 e. The van der Waals surface area contributed by atoms with Crippen LogP contribution < -0.4 is 10.5 Å². The molecule has 0 atom stereocenters. The molecule has 2 N–H and O–H groups in total. The average molecular weight is 252 g/mol. The summed E-state index contributed by atoms with van der Waals surface area (Å²) in [7, 11) is 1.48. The van der Waals surface area contributed by atoms with Crippen LogP contribution in [-0.2, 0) is 6.54 Å². The van der Waals surface area contributed by atoms with Crippen molar-refractivity contribution in [2.45, 2.75) is 19.4 Å². The van der Waals surface area contributed by atoms with Gasteiger partial charge in [0.25, 0.3) is 0 Å². The number of nitrogens with two attached hydrogens (primary N) is 1. The van der Waals surface area contributed by atoms with E-state index >= 15 is 0 Å². The number of likely N-dealkylation sites (tertiary alicyclic amines) is 1. The molecule has 18 heavy (non-hydrogen) atoms. The van der Waals surface area contributed by atoms with Crippen LogP contribution in [0.4, 0.5) is 4.39 Å². The molecule has 1 aromatic rings. The predicted octanol–water partition coefficient (Wildman–Crippen LogP) is 2.00. The van der Waals surface area contributed by atoms with Crippen LogP contribution in [0.25, 0.3) is 0 Å². The van der Waals surface area contributed by atoms with Gasteiger partial charge in [-0.15, -0.1) is 0 Å². The zero-order chi connectivity index (χ0) is 13.0. The first-order chi connectivity index (χ1) is 8.72. The van der Waals surface area contributed by atoms with E-state index in [1.807, 2.05) is 6.07 Å². The Hall–Kier alpha value is -1.13. The first-order valence-corrected chi connectivity index (χ1v) is 6.47. The summed E-state index contributed by atoms with van der Waals surface area (Å²) in [6, 6.07) is 5.18. The molecule has 1 fully saturated rings. The molecule has 1 aliphatic rings. The van der Waals surface area contributed by atoms with Gasteiger partial charge in [-0.2, -0.15) is 0 Å². The van der Waals surface area contributed by atoms with Gasteiger partial charge in [-0.25, -0.2) is 4.39 Å². The number of piperidine rings is 1. The molecule has 0 unspecified atom stereocenters. The van der Waals surface area contributed by atoms with E-state index in [2.05, 4.69) is 4.90 Å². The van der Waals surface area contributed by atoms with E-state index < -0.39 is 0 Å². The maximum absolute atomic E-state index is 13.6. The third-order valence-electron chi connectivity index (χ3n) is 3.66. The molecular weight excluding hydrogens is 231 g/mol. The largest absolute Gasteiger partial charge is 0.494 e. The van der Waals surface area contributed by atoms with Crippen LogP contribution in [0, 0.1) is 11.7 Å². The van der Waals surface area contributed by atoms with Gasteiger partial charge in [0.15, 0.2) is 11.6 Å². The molecule has 1 heterocycles. The van der Waals surface area contributed by atoms with Gasteiger partial charge in [-0.05, 0) is 56.1 Å². The first kappa shape index (κ1) is 13.3. The smallest absolute Gasteiger partial charge is 0.165 e. The summed E-state index contributed by atoms with van der Waals surface area (Å²) in [5.41, 5.74) is 6.67. The molecule has 100 valence electrons. The van der Waals surface area contributed by atoms with Crippen molar-refractivity contribution in [3.63, 3.8) is 0 Å². The highest BCUT2D eigenvalue weighted by atomic mass is 19.1. The predicted molar refractivity (Wildman–Crippen MR) is 70.0 cm³/mol. The Labute approximate surface area is 108 Å². The van der Waals surface area contributed by atoms with Crippen molar-refractivity contribution in [2.75, 3.05) is 26.7 Å². The highest BCUT2D eigenvalue weighted by Crippen LogP contribution is 2.21. The normalized spacial score (nSPS) is 17.9. The van der Waals surface area contributed by atoms with Crippen molar-refractivity contribution >= 4 is 0 Å². The maximum atomic E-state index is 13.6. The number of methoxy groups -OCH3 is 1. The van der Waals surface area contributed by atoms with Crippen LogP contribution in [0.15, 0.2) is 18.2 Å². The molecule has 3 nitrogen and oxygen atoms in total. The van der Waals surface area contributed by atoms with Crippen LogP contribution >= 0.6 is 0 Å². The van der Waals surface area contributed by atoms with Gasteiger partial charge in [0.05, 0.1) is 7.11 Å². The number of rotatable bonds is 4. The minimum atomic E-state index is -0.285. The van der Waals surface area contributed by atoms with E-state index in [4.69, 9.17) is 10.5 Å². The maximum Gasteiger partial charge on any atom is 0.165 e. The number of hydrogen-bond donors (Lipinski definition) is 1. The summed E-state index contributed by atoms with van der Waals surface area (Å²) in [4.78, 5) is 2.35. The number of ether oxygens (including phenoxy) is 1. The van der Waals surface area contributed by atoms with Gasteiger partial charge in [0, 0.05) is 6.54 Å². The lowest BCUT2D eigenvalue weighted by atomic mass is 9.97. The van der Waals surface area contributed by atoms with Crippen molar-refractivity contribution in [1.82, 2.24) is 4.90 Å². The van der Waals surface area contributed by atoms with Crippen LogP contribution in [-0.4, -0.2) is 31.6 Å². The first-order valence-electron chi connectivity index (χ1n) is 6.47. The molecule has 4 heteroatoms. The van der Waals surface area contributed by atoms with Crippen LogP contribution in [0.3, 0.4) is 0 Å². The summed E-state index contributed by atoms with van der Waals surface area (Å²) < 4.78 is 18.5. The highest BCUT2D eigenvalue weighted by molar-refractivity contribution is 5.29. The summed E-state index contributed by atoms with van der Waals surface area (Å²) in [5, 5.41) is 0. The Morgan fingerprint density at radius 3 is 2.67 bits per heavy atom. The van der Waals surface area contributed by atoms with Crippen molar-refractivity contribution in [2.24, 2.45) is 11.7 Å². The van der Waals surface area contributed by atoms with E-state index in [1.54, 1.807) is 12.1 Å². The van der Waals surface area contributed by atoms with Crippen molar-refractivity contribution in [3.8, 4) is 5.75 Å². The van der Waals surface area contributed by atoms with E-state index in [0.717, 1.165) is 44.6 Å². The Morgan fingerprint density at radius 1 is 1.39 bits per heavy atom. The molecule has 1 aromatic carbocycles. The Bertz CT molecular complexity index is 389. The van der Waals surface area contributed by atoms with Gasteiger partial charge < -0.3 is 10.5 Å². The molecule has 2 rings (SSSR count). The zero-order valence-corrected chi connectivity index (χ0v) is 10.9. The quantitative estimate of drug-likeness (QED) is 0.891. The number of halogens is 1. The Balaban J connectivity index is 1.92. The molecular formula is C14H21FN2O. The highest BCUT2D eigenvalue weighted by Gasteiger charge is 2.18. The van der Waals surface area contributed by atoms with E-state index in [0.29, 0.717) is 11.7 Å². The van der Waals surface area contributed by atoms with Crippen LogP contribution in [0.1, 0.15) is 18.4 Å². The molecule has 0 amide bonds. The van der Waals surface area contributed by atoms with Crippen molar-refractivity contribution in [3.05, 3.63) is 29.6 Å². The molecule has 0 aromatic heterocycles. The summed E-state index contributed by atoms with van der Waals surface area (Å²) in [6.07, 6.45) is 2.30. The van der Waals surface area contributed by atoms with Crippen molar-refractivity contribution in [1.29, 1.82) is 0 Å².